The van der Waals surface area contributed by atoms with Crippen molar-refractivity contribution in [1.82, 2.24) is 4.90 Å². The number of hydrogen-bond acceptors (Lipinski definition) is 4. The van der Waals surface area contributed by atoms with Crippen LogP contribution in [0.4, 0.5) is 14.5 Å². The minimum absolute atomic E-state index is 0.190. The van der Waals surface area contributed by atoms with Crippen molar-refractivity contribution in [2.24, 2.45) is 0 Å². The lowest BCUT2D eigenvalue weighted by atomic mass is 10.2. The molecule has 1 aliphatic rings. The molecule has 2 N–H and O–H groups in total. The molecule has 1 aromatic rings. The second kappa shape index (κ2) is 5.97. The molecule has 1 heterocycles. The lowest BCUT2D eigenvalue weighted by Crippen LogP contribution is -2.25. The molecule has 104 valence electrons. The topological polar surface area (TPSA) is 55.6 Å². The van der Waals surface area contributed by atoms with Crippen molar-refractivity contribution in [1.29, 1.82) is 0 Å². The first kappa shape index (κ1) is 13.7. The van der Waals surface area contributed by atoms with E-state index in [1.54, 1.807) is 0 Å². The third-order valence-corrected chi connectivity index (χ3v) is 3.15. The van der Waals surface area contributed by atoms with E-state index in [-0.39, 0.29) is 17.9 Å². The number of hydrogen-bond donors (Lipinski definition) is 1. The maximum absolute atomic E-state index is 13.4. The molecule has 2 rings (SSSR count). The monoisotopic (exact) mass is 270 g/mol. The Kier molecular flexibility index (Phi) is 4.31. The molecule has 19 heavy (non-hydrogen) atoms. The third-order valence-electron chi connectivity index (χ3n) is 3.15. The minimum atomic E-state index is -0.960. The van der Waals surface area contributed by atoms with Gasteiger partial charge in [0, 0.05) is 12.6 Å². The Labute approximate surface area is 110 Å². The average molecular weight is 270 g/mol. The summed E-state index contributed by atoms with van der Waals surface area (Å²) >= 11 is 0. The van der Waals surface area contributed by atoms with Gasteiger partial charge in [0.15, 0.2) is 0 Å². The van der Waals surface area contributed by atoms with Crippen LogP contribution in [0.3, 0.4) is 0 Å². The number of carbonyl (C=O) groups is 1. The Morgan fingerprint density at radius 3 is 2.63 bits per heavy atom. The fourth-order valence-corrected chi connectivity index (χ4v) is 2.07. The maximum Gasteiger partial charge on any atom is 0.341 e. The Bertz CT molecular complexity index is 474. The first-order valence-corrected chi connectivity index (χ1v) is 6.22. The molecule has 1 saturated heterocycles. The average Bonchev–Trinajstić information content (AvgIpc) is 2.86. The summed E-state index contributed by atoms with van der Waals surface area (Å²) in [6.07, 6.45) is 2.30. The number of rotatable bonds is 4. The molecule has 0 saturated carbocycles. The second-order valence-corrected chi connectivity index (χ2v) is 4.54. The van der Waals surface area contributed by atoms with E-state index in [2.05, 4.69) is 4.90 Å². The van der Waals surface area contributed by atoms with Gasteiger partial charge in [-0.1, -0.05) is 0 Å². The lowest BCUT2D eigenvalue weighted by molar-refractivity contribution is 0.0467. The van der Waals surface area contributed by atoms with Crippen molar-refractivity contribution in [2.75, 3.05) is 32.0 Å². The van der Waals surface area contributed by atoms with Crippen LogP contribution in [-0.2, 0) is 4.74 Å². The van der Waals surface area contributed by atoms with Gasteiger partial charge in [-0.25, -0.2) is 13.6 Å². The summed E-state index contributed by atoms with van der Waals surface area (Å²) in [5, 5.41) is 0. The highest BCUT2D eigenvalue weighted by atomic mass is 19.1. The molecule has 0 unspecified atom stereocenters. The predicted octanol–water partition coefficient (Wildman–Crippen LogP) is 1.80. The molecule has 0 bridgehead atoms. The molecule has 1 aromatic carbocycles. The summed E-state index contributed by atoms with van der Waals surface area (Å²) in [5.41, 5.74) is 4.69. The third kappa shape index (κ3) is 3.41. The largest absolute Gasteiger partial charge is 0.461 e. The van der Waals surface area contributed by atoms with Gasteiger partial charge in [0.1, 0.15) is 18.2 Å². The zero-order valence-corrected chi connectivity index (χ0v) is 10.5. The van der Waals surface area contributed by atoms with E-state index in [0.29, 0.717) is 12.6 Å². The molecule has 1 fully saturated rings. The van der Waals surface area contributed by atoms with Crippen LogP contribution in [-0.4, -0.2) is 37.1 Å². The van der Waals surface area contributed by atoms with Gasteiger partial charge in [0.2, 0.25) is 0 Å². The summed E-state index contributed by atoms with van der Waals surface area (Å²) in [5.74, 6) is -2.66. The van der Waals surface area contributed by atoms with Crippen LogP contribution >= 0.6 is 0 Å². The van der Waals surface area contributed by atoms with Crippen LogP contribution in [0.5, 0.6) is 0 Å². The molecule has 0 aromatic heterocycles. The summed E-state index contributed by atoms with van der Waals surface area (Å²) < 4.78 is 31.3. The van der Waals surface area contributed by atoms with Crippen molar-refractivity contribution in [3.63, 3.8) is 0 Å². The number of benzene rings is 1. The Hall–Kier alpha value is -1.69. The molecule has 0 atom stereocenters. The van der Waals surface area contributed by atoms with Crippen LogP contribution in [0.1, 0.15) is 23.2 Å². The van der Waals surface area contributed by atoms with E-state index < -0.39 is 17.6 Å². The van der Waals surface area contributed by atoms with Gasteiger partial charge >= 0.3 is 5.97 Å². The molecule has 0 amide bonds. The van der Waals surface area contributed by atoms with E-state index in [9.17, 15) is 13.6 Å². The Balaban J connectivity index is 1.90. The first-order chi connectivity index (χ1) is 9.08. The zero-order valence-electron chi connectivity index (χ0n) is 10.5. The normalized spacial score (nSPS) is 15.7. The molecule has 4 nitrogen and oxygen atoms in total. The maximum atomic E-state index is 13.4. The van der Waals surface area contributed by atoms with E-state index in [1.165, 1.54) is 0 Å². The van der Waals surface area contributed by atoms with Crippen LogP contribution in [0.15, 0.2) is 12.1 Å². The quantitative estimate of drug-likeness (QED) is 0.669. The Morgan fingerprint density at radius 1 is 1.26 bits per heavy atom. The van der Waals surface area contributed by atoms with E-state index in [4.69, 9.17) is 10.5 Å². The van der Waals surface area contributed by atoms with Gasteiger partial charge in [0.05, 0.1) is 11.3 Å². The summed E-state index contributed by atoms with van der Waals surface area (Å²) in [7, 11) is 0. The smallest absolute Gasteiger partial charge is 0.341 e. The minimum Gasteiger partial charge on any atom is -0.461 e. The number of likely N-dealkylation sites (tertiary alicyclic amines) is 1. The van der Waals surface area contributed by atoms with E-state index in [0.717, 1.165) is 32.0 Å². The van der Waals surface area contributed by atoms with Crippen LogP contribution < -0.4 is 5.73 Å². The number of halogens is 2. The van der Waals surface area contributed by atoms with Gasteiger partial charge in [0.25, 0.3) is 0 Å². The van der Waals surface area contributed by atoms with Crippen LogP contribution in [0.2, 0.25) is 0 Å². The van der Waals surface area contributed by atoms with Gasteiger partial charge in [-0.05, 0) is 32.0 Å². The second-order valence-electron chi connectivity index (χ2n) is 4.54. The van der Waals surface area contributed by atoms with Crippen molar-refractivity contribution in [2.45, 2.75) is 12.8 Å². The van der Waals surface area contributed by atoms with Gasteiger partial charge in [-0.15, -0.1) is 0 Å². The Morgan fingerprint density at radius 2 is 1.95 bits per heavy atom. The van der Waals surface area contributed by atoms with Crippen LogP contribution in [0.25, 0.3) is 0 Å². The summed E-state index contributed by atoms with van der Waals surface area (Å²) in [4.78, 5) is 13.8. The fraction of sp³-hybridized carbons (Fsp3) is 0.462. The molecule has 1 aliphatic heterocycles. The molecule has 0 spiro atoms. The van der Waals surface area contributed by atoms with Crippen molar-refractivity contribution in [3.8, 4) is 0 Å². The zero-order chi connectivity index (χ0) is 13.8. The number of esters is 1. The summed E-state index contributed by atoms with van der Waals surface area (Å²) in [6, 6.07) is 1.55. The van der Waals surface area contributed by atoms with Crippen molar-refractivity contribution < 1.29 is 18.3 Å². The number of nitrogen functional groups attached to an aromatic ring is 1. The number of carbonyl (C=O) groups excluding carboxylic acids is 1. The van der Waals surface area contributed by atoms with E-state index >= 15 is 0 Å². The molecular formula is C13H16F2N2O2. The van der Waals surface area contributed by atoms with Crippen molar-refractivity contribution in [3.05, 3.63) is 29.3 Å². The summed E-state index contributed by atoms with van der Waals surface area (Å²) in [6.45, 7) is 2.81. The molecule has 0 aliphatic carbocycles. The van der Waals surface area contributed by atoms with Crippen LogP contribution in [0, 0.1) is 11.6 Å². The van der Waals surface area contributed by atoms with Gasteiger partial charge in [-0.3, -0.25) is 4.90 Å². The highest BCUT2D eigenvalue weighted by Gasteiger charge is 2.17. The highest BCUT2D eigenvalue weighted by molar-refractivity contribution is 5.90. The SMILES string of the molecule is Nc1cc(C(=O)OCCN2CCCC2)c(F)cc1F. The van der Waals surface area contributed by atoms with Gasteiger partial charge in [-0.2, -0.15) is 0 Å². The predicted molar refractivity (Wildman–Crippen MR) is 66.7 cm³/mol. The molecule has 0 radical (unpaired) electrons. The van der Waals surface area contributed by atoms with Gasteiger partial charge < -0.3 is 10.5 Å². The fourth-order valence-electron chi connectivity index (χ4n) is 2.07. The number of ether oxygens (including phenoxy) is 1. The number of nitrogens with zero attached hydrogens (tertiary/aromatic N) is 1. The lowest BCUT2D eigenvalue weighted by Gasteiger charge is -2.14. The first-order valence-electron chi connectivity index (χ1n) is 6.22. The highest BCUT2D eigenvalue weighted by Crippen LogP contribution is 2.17. The molecule has 6 heteroatoms. The standard InChI is InChI=1S/C13H16F2N2O2/c14-10-8-11(15)12(16)7-9(10)13(18)19-6-5-17-3-1-2-4-17/h7-8H,1-6,16H2. The number of nitrogens with two attached hydrogens (primary N) is 1. The van der Waals surface area contributed by atoms with E-state index in [1.807, 2.05) is 0 Å². The molecular weight excluding hydrogens is 254 g/mol. The van der Waals surface area contributed by atoms with Crippen molar-refractivity contribution >= 4 is 11.7 Å². The number of anilines is 1.